The van der Waals surface area contributed by atoms with Crippen molar-refractivity contribution >= 4 is 28.4 Å². The molecule has 1 N–H and O–H groups in total. The molecule has 0 atom stereocenters. The van der Waals surface area contributed by atoms with Crippen molar-refractivity contribution in [2.75, 3.05) is 5.75 Å². The number of carbonyl (C=O) groups excluding carboxylic acids is 1. The average Bonchev–Trinajstić information content (AvgIpc) is 3.24. The fraction of sp³-hybridized carbons (Fsp3) is 0.105. The normalized spacial score (nSPS) is 11.1. The Balaban J connectivity index is 1.51. The van der Waals surface area contributed by atoms with Crippen LogP contribution in [0.1, 0.15) is 16.1 Å². The minimum atomic E-state index is 0.0411. The number of carbonyl (C=O) groups is 1. The predicted octanol–water partition coefficient (Wildman–Crippen LogP) is 4.50. The predicted molar refractivity (Wildman–Crippen MR) is 97.8 cm³/mol. The van der Waals surface area contributed by atoms with Crippen LogP contribution in [0.3, 0.4) is 0 Å². The van der Waals surface area contributed by atoms with Gasteiger partial charge in [0.25, 0.3) is 5.22 Å². The molecule has 4 aromatic rings. The molecule has 0 aliphatic rings. The van der Waals surface area contributed by atoms with Gasteiger partial charge < -0.3 is 9.40 Å². The summed E-state index contributed by atoms with van der Waals surface area (Å²) in [6.45, 7) is 1.91. The standard InChI is InChI=1S/C19H15N3O2S/c1-12-17(14-9-5-6-10-15(14)20-12)16(23)11-25-19-22-21-18(24-19)13-7-3-2-4-8-13/h2-10,20H,11H2,1H3. The molecule has 2 aromatic heterocycles. The number of nitrogens with zero attached hydrogens (tertiary/aromatic N) is 2. The van der Waals surface area contributed by atoms with E-state index in [9.17, 15) is 4.79 Å². The number of rotatable bonds is 5. The van der Waals surface area contributed by atoms with Crippen molar-refractivity contribution in [1.82, 2.24) is 15.2 Å². The van der Waals surface area contributed by atoms with Crippen molar-refractivity contribution in [2.45, 2.75) is 12.1 Å². The number of ketones is 1. The number of Topliss-reactive ketones (excluding diaryl/α,β-unsaturated/α-hetero) is 1. The molecule has 0 spiro atoms. The Bertz CT molecular complexity index is 1040. The lowest BCUT2D eigenvalue weighted by molar-refractivity contribution is 0.102. The van der Waals surface area contributed by atoms with Crippen molar-refractivity contribution in [2.24, 2.45) is 0 Å². The number of aryl methyl sites for hydroxylation is 1. The van der Waals surface area contributed by atoms with E-state index in [1.165, 1.54) is 11.8 Å². The summed E-state index contributed by atoms with van der Waals surface area (Å²) in [5.74, 6) is 0.747. The minimum absolute atomic E-state index is 0.0411. The van der Waals surface area contributed by atoms with Crippen LogP contribution >= 0.6 is 11.8 Å². The highest BCUT2D eigenvalue weighted by Gasteiger charge is 2.17. The second-order valence-corrected chi connectivity index (χ2v) is 6.55. The first-order valence-electron chi connectivity index (χ1n) is 7.84. The zero-order chi connectivity index (χ0) is 17.2. The Kier molecular flexibility index (Phi) is 4.11. The third-order valence-electron chi connectivity index (χ3n) is 3.93. The number of thioether (sulfide) groups is 1. The van der Waals surface area contributed by atoms with Crippen molar-refractivity contribution in [3.63, 3.8) is 0 Å². The van der Waals surface area contributed by atoms with E-state index in [4.69, 9.17) is 4.42 Å². The van der Waals surface area contributed by atoms with Crippen LogP contribution in [0.5, 0.6) is 0 Å². The molecule has 0 saturated heterocycles. The van der Waals surface area contributed by atoms with E-state index >= 15 is 0 Å². The number of hydrogen-bond donors (Lipinski definition) is 1. The zero-order valence-corrected chi connectivity index (χ0v) is 14.3. The van der Waals surface area contributed by atoms with E-state index in [-0.39, 0.29) is 11.5 Å². The zero-order valence-electron chi connectivity index (χ0n) is 13.5. The first-order chi connectivity index (χ1) is 12.2. The van der Waals surface area contributed by atoms with Crippen LogP contribution in [-0.4, -0.2) is 26.7 Å². The molecule has 5 nitrogen and oxygen atoms in total. The molecule has 0 amide bonds. The molecule has 0 aliphatic carbocycles. The molecule has 0 aliphatic heterocycles. The third-order valence-corrected chi connectivity index (χ3v) is 4.74. The van der Waals surface area contributed by atoms with Gasteiger partial charge in [0, 0.05) is 27.7 Å². The topological polar surface area (TPSA) is 71.8 Å². The number of aromatic amines is 1. The molecule has 2 heterocycles. The van der Waals surface area contributed by atoms with E-state index in [1.54, 1.807) is 0 Å². The van der Waals surface area contributed by atoms with E-state index in [1.807, 2.05) is 61.5 Å². The maximum Gasteiger partial charge on any atom is 0.277 e. The van der Waals surface area contributed by atoms with Crippen LogP contribution < -0.4 is 0 Å². The smallest absolute Gasteiger partial charge is 0.277 e. The molecule has 0 bridgehead atoms. The molecular formula is C19H15N3O2S. The number of para-hydroxylation sites is 1. The molecule has 2 aromatic carbocycles. The fourth-order valence-electron chi connectivity index (χ4n) is 2.80. The van der Waals surface area contributed by atoms with E-state index < -0.39 is 0 Å². The van der Waals surface area contributed by atoms with Crippen LogP contribution in [0, 0.1) is 6.92 Å². The van der Waals surface area contributed by atoms with Gasteiger partial charge >= 0.3 is 0 Å². The lowest BCUT2D eigenvalue weighted by Crippen LogP contribution is -2.03. The van der Waals surface area contributed by atoms with Crippen LogP contribution in [0.15, 0.2) is 64.2 Å². The fourth-order valence-corrected chi connectivity index (χ4v) is 3.44. The average molecular weight is 349 g/mol. The van der Waals surface area contributed by atoms with Crippen LogP contribution in [-0.2, 0) is 0 Å². The van der Waals surface area contributed by atoms with Gasteiger partial charge in [0.2, 0.25) is 5.89 Å². The first-order valence-corrected chi connectivity index (χ1v) is 8.83. The van der Waals surface area contributed by atoms with Crippen molar-refractivity contribution in [3.05, 3.63) is 65.9 Å². The van der Waals surface area contributed by atoms with Gasteiger partial charge in [-0.15, -0.1) is 10.2 Å². The SMILES string of the molecule is Cc1[nH]c2ccccc2c1C(=O)CSc1nnc(-c2ccccc2)o1. The highest BCUT2D eigenvalue weighted by Crippen LogP contribution is 2.26. The summed E-state index contributed by atoms with van der Waals surface area (Å²) in [5.41, 5.74) is 3.44. The molecule has 0 unspecified atom stereocenters. The van der Waals surface area contributed by atoms with Gasteiger partial charge in [0.1, 0.15) is 0 Å². The summed E-state index contributed by atoms with van der Waals surface area (Å²) in [7, 11) is 0. The minimum Gasteiger partial charge on any atom is -0.411 e. The van der Waals surface area contributed by atoms with Gasteiger partial charge in [0.15, 0.2) is 5.78 Å². The molecule has 0 fully saturated rings. The van der Waals surface area contributed by atoms with Crippen LogP contribution in [0.2, 0.25) is 0 Å². The largest absolute Gasteiger partial charge is 0.411 e. The molecule has 25 heavy (non-hydrogen) atoms. The second-order valence-electron chi connectivity index (χ2n) is 5.62. The molecule has 4 rings (SSSR count). The summed E-state index contributed by atoms with van der Waals surface area (Å²) in [4.78, 5) is 15.9. The lowest BCUT2D eigenvalue weighted by Gasteiger charge is -1.99. The number of aromatic nitrogens is 3. The number of nitrogens with one attached hydrogen (secondary N) is 1. The third kappa shape index (κ3) is 3.08. The van der Waals surface area contributed by atoms with Crippen LogP contribution in [0.4, 0.5) is 0 Å². The summed E-state index contributed by atoms with van der Waals surface area (Å²) >= 11 is 1.26. The van der Waals surface area contributed by atoms with Crippen LogP contribution in [0.25, 0.3) is 22.4 Å². The summed E-state index contributed by atoms with van der Waals surface area (Å²) in [6, 6.07) is 17.4. The number of benzene rings is 2. The van der Waals surface area contributed by atoms with Gasteiger partial charge in [0.05, 0.1) is 5.75 Å². The summed E-state index contributed by atoms with van der Waals surface area (Å²) in [6.07, 6.45) is 0. The number of H-pyrrole nitrogens is 1. The van der Waals surface area contributed by atoms with E-state index in [0.29, 0.717) is 11.1 Å². The maximum absolute atomic E-state index is 12.7. The van der Waals surface area contributed by atoms with Gasteiger partial charge in [-0.2, -0.15) is 0 Å². The molecule has 0 saturated carbocycles. The van der Waals surface area contributed by atoms with Crippen molar-refractivity contribution in [3.8, 4) is 11.5 Å². The number of hydrogen-bond acceptors (Lipinski definition) is 5. The second kappa shape index (κ2) is 6.57. The Morgan fingerprint density at radius 3 is 2.68 bits per heavy atom. The molecule has 124 valence electrons. The maximum atomic E-state index is 12.7. The Labute approximate surface area is 148 Å². The monoisotopic (exact) mass is 349 g/mol. The summed E-state index contributed by atoms with van der Waals surface area (Å²) in [5, 5.41) is 9.40. The summed E-state index contributed by atoms with van der Waals surface area (Å²) < 4.78 is 5.64. The number of fused-ring (bicyclic) bond motifs is 1. The van der Waals surface area contributed by atoms with Gasteiger partial charge in [-0.3, -0.25) is 4.79 Å². The quantitative estimate of drug-likeness (QED) is 0.424. The Morgan fingerprint density at radius 2 is 1.84 bits per heavy atom. The molecule has 6 heteroatoms. The lowest BCUT2D eigenvalue weighted by atomic mass is 10.1. The Hall–Kier alpha value is -2.86. The highest BCUT2D eigenvalue weighted by atomic mass is 32.2. The highest BCUT2D eigenvalue weighted by molar-refractivity contribution is 7.99. The van der Waals surface area contributed by atoms with E-state index in [0.717, 1.165) is 27.7 Å². The van der Waals surface area contributed by atoms with E-state index in [2.05, 4.69) is 15.2 Å². The molecule has 0 radical (unpaired) electrons. The van der Waals surface area contributed by atoms with Gasteiger partial charge in [-0.05, 0) is 25.1 Å². The Morgan fingerprint density at radius 1 is 1.08 bits per heavy atom. The first kappa shape index (κ1) is 15.7. The van der Waals surface area contributed by atoms with Crippen molar-refractivity contribution < 1.29 is 9.21 Å². The van der Waals surface area contributed by atoms with Gasteiger partial charge in [-0.25, -0.2) is 0 Å². The van der Waals surface area contributed by atoms with Gasteiger partial charge in [-0.1, -0.05) is 48.2 Å². The molecular weight excluding hydrogens is 334 g/mol. The van der Waals surface area contributed by atoms with Crippen molar-refractivity contribution in [1.29, 1.82) is 0 Å².